The Kier molecular flexibility index (Phi) is 6.36. The first-order valence-corrected chi connectivity index (χ1v) is 9.09. The first-order chi connectivity index (χ1) is 13.6. The first kappa shape index (κ1) is 19.5. The van der Waals surface area contributed by atoms with Gasteiger partial charge in [-0.2, -0.15) is 0 Å². The molecule has 28 heavy (non-hydrogen) atoms. The van der Waals surface area contributed by atoms with E-state index in [1.807, 2.05) is 50.2 Å². The summed E-state index contributed by atoms with van der Waals surface area (Å²) in [4.78, 5) is 0. The number of ether oxygens (including phenoxy) is 2. The SMILES string of the molecule is C#CCOc1ccc(/C=C(\Cl)c2nnc(-c3cccc(C)c3)o2)cc1OCC. The Morgan fingerprint density at radius 2 is 2.04 bits per heavy atom. The minimum Gasteiger partial charge on any atom is -0.490 e. The first-order valence-electron chi connectivity index (χ1n) is 8.72. The van der Waals surface area contributed by atoms with Crippen molar-refractivity contribution in [1.82, 2.24) is 10.2 Å². The molecule has 1 heterocycles. The van der Waals surface area contributed by atoms with Gasteiger partial charge in [-0.15, -0.1) is 16.6 Å². The van der Waals surface area contributed by atoms with E-state index in [9.17, 15) is 0 Å². The normalized spacial score (nSPS) is 11.1. The third kappa shape index (κ3) is 4.73. The van der Waals surface area contributed by atoms with Crippen LogP contribution in [0.5, 0.6) is 11.5 Å². The molecule has 0 unspecified atom stereocenters. The zero-order valence-corrected chi connectivity index (χ0v) is 16.4. The average molecular weight is 395 g/mol. The quantitative estimate of drug-likeness (QED) is 0.516. The van der Waals surface area contributed by atoms with Gasteiger partial charge in [0.25, 0.3) is 5.89 Å². The van der Waals surface area contributed by atoms with E-state index < -0.39 is 0 Å². The lowest BCUT2D eigenvalue weighted by molar-refractivity contribution is 0.299. The third-order valence-electron chi connectivity index (χ3n) is 3.77. The fourth-order valence-electron chi connectivity index (χ4n) is 2.54. The second-order valence-corrected chi connectivity index (χ2v) is 6.31. The largest absolute Gasteiger partial charge is 0.490 e. The molecule has 0 amide bonds. The highest BCUT2D eigenvalue weighted by Crippen LogP contribution is 2.31. The minimum absolute atomic E-state index is 0.166. The number of benzene rings is 2. The molecule has 142 valence electrons. The Hall–Kier alpha value is -3.23. The fraction of sp³-hybridized carbons (Fsp3) is 0.182. The second-order valence-electron chi connectivity index (χ2n) is 5.91. The maximum Gasteiger partial charge on any atom is 0.259 e. The predicted molar refractivity (Wildman–Crippen MR) is 110 cm³/mol. The van der Waals surface area contributed by atoms with Crippen LogP contribution in [0.1, 0.15) is 23.9 Å². The van der Waals surface area contributed by atoms with Crippen LogP contribution in [0.4, 0.5) is 0 Å². The smallest absolute Gasteiger partial charge is 0.259 e. The molecule has 0 saturated carbocycles. The summed E-state index contributed by atoms with van der Waals surface area (Å²) in [7, 11) is 0. The molecule has 0 bridgehead atoms. The molecule has 0 spiro atoms. The topological polar surface area (TPSA) is 57.4 Å². The zero-order valence-electron chi connectivity index (χ0n) is 15.6. The highest BCUT2D eigenvalue weighted by Gasteiger charge is 2.12. The summed E-state index contributed by atoms with van der Waals surface area (Å²) in [5.41, 5.74) is 2.75. The summed E-state index contributed by atoms with van der Waals surface area (Å²) in [5.74, 6) is 4.25. The number of terminal acetylenes is 1. The molecule has 0 atom stereocenters. The highest BCUT2D eigenvalue weighted by atomic mass is 35.5. The van der Waals surface area contributed by atoms with Gasteiger partial charge in [0.2, 0.25) is 5.89 Å². The molecule has 5 nitrogen and oxygen atoms in total. The summed E-state index contributed by atoms with van der Waals surface area (Å²) < 4.78 is 16.8. The van der Waals surface area contributed by atoms with Gasteiger partial charge in [-0.05, 0) is 49.8 Å². The van der Waals surface area contributed by atoms with Crippen LogP contribution in [0, 0.1) is 19.3 Å². The molecule has 0 aliphatic heterocycles. The van der Waals surface area contributed by atoms with Crippen LogP contribution in [0.2, 0.25) is 0 Å². The van der Waals surface area contributed by atoms with Gasteiger partial charge in [0.1, 0.15) is 11.6 Å². The minimum atomic E-state index is 0.166. The Bertz CT molecular complexity index is 1030. The summed E-state index contributed by atoms with van der Waals surface area (Å²) in [6.07, 6.45) is 6.97. The average Bonchev–Trinajstić information content (AvgIpc) is 3.18. The van der Waals surface area contributed by atoms with Crippen LogP contribution in [0.25, 0.3) is 22.6 Å². The van der Waals surface area contributed by atoms with E-state index in [1.54, 1.807) is 12.1 Å². The van der Waals surface area contributed by atoms with Gasteiger partial charge in [0.05, 0.1) is 6.61 Å². The molecule has 0 N–H and O–H groups in total. The third-order valence-corrected chi connectivity index (χ3v) is 4.04. The molecule has 6 heteroatoms. The molecule has 0 aliphatic rings. The summed E-state index contributed by atoms with van der Waals surface area (Å²) in [6, 6.07) is 13.3. The van der Waals surface area contributed by atoms with Crippen molar-refractivity contribution < 1.29 is 13.9 Å². The Morgan fingerprint density at radius 3 is 2.79 bits per heavy atom. The predicted octanol–water partition coefficient (Wildman–Crippen LogP) is 5.19. The van der Waals surface area contributed by atoms with Crippen molar-refractivity contribution in [1.29, 1.82) is 0 Å². The molecule has 0 aliphatic carbocycles. The van der Waals surface area contributed by atoms with Crippen molar-refractivity contribution in [2.24, 2.45) is 0 Å². The molecular weight excluding hydrogens is 376 g/mol. The number of rotatable bonds is 7. The van der Waals surface area contributed by atoms with Gasteiger partial charge in [0, 0.05) is 5.56 Å². The molecule has 0 radical (unpaired) electrons. The van der Waals surface area contributed by atoms with Crippen LogP contribution in [-0.2, 0) is 0 Å². The van der Waals surface area contributed by atoms with Gasteiger partial charge in [-0.1, -0.05) is 41.3 Å². The lowest BCUT2D eigenvalue weighted by Gasteiger charge is -2.11. The molecular formula is C22H19ClN2O3. The summed E-state index contributed by atoms with van der Waals surface area (Å²) in [6.45, 7) is 4.56. The number of halogens is 1. The van der Waals surface area contributed by atoms with Crippen LogP contribution in [0.15, 0.2) is 46.9 Å². The lowest BCUT2D eigenvalue weighted by Crippen LogP contribution is -1.99. The summed E-state index contributed by atoms with van der Waals surface area (Å²) in [5, 5.41) is 8.44. The van der Waals surface area contributed by atoms with Crippen molar-refractivity contribution in [3.05, 3.63) is 59.5 Å². The fourth-order valence-corrected chi connectivity index (χ4v) is 2.75. The maximum absolute atomic E-state index is 6.39. The summed E-state index contributed by atoms with van der Waals surface area (Å²) >= 11 is 6.39. The van der Waals surface area contributed by atoms with Gasteiger partial charge < -0.3 is 13.9 Å². The van der Waals surface area contributed by atoms with Gasteiger partial charge in [-0.3, -0.25) is 0 Å². The number of aryl methyl sites for hydroxylation is 1. The number of hydrogen-bond donors (Lipinski definition) is 0. The lowest BCUT2D eigenvalue weighted by atomic mass is 10.1. The van der Waals surface area contributed by atoms with Gasteiger partial charge in [0.15, 0.2) is 11.5 Å². The van der Waals surface area contributed by atoms with Crippen molar-refractivity contribution in [2.45, 2.75) is 13.8 Å². The van der Waals surface area contributed by atoms with Crippen molar-refractivity contribution in [3.63, 3.8) is 0 Å². The Morgan fingerprint density at radius 1 is 1.18 bits per heavy atom. The molecule has 0 saturated heterocycles. The maximum atomic E-state index is 6.39. The Labute approximate surface area is 169 Å². The van der Waals surface area contributed by atoms with E-state index in [2.05, 4.69) is 16.1 Å². The van der Waals surface area contributed by atoms with Crippen LogP contribution in [-0.4, -0.2) is 23.4 Å². The van der Waals surface area contributed by atoms with E-state index in [0.29, 0.717) is 29.0 Å². The molecule has 3 rings (SSSR count). The molecule has 1 aromatic heterocycles. The van der Waals surface area contributed by atoms with E-state index in [-0.39, 0.29) is 12.5 Å². The van der Waals surface area contributed by atoms with Crippen LogP contribution in [0.3, 0.4) is 0 Å². The monoisotopic (exact) mass is 394 g/mol. The van der Waals surface area contributed by atoms with Crippen LogP contribution < -0.4 is 9.47 Å². The van der Waals surface area contributed by atoms with E-state index in [0.717, 1.165) is 16.7 Å². The van der Waals surface area contributed by atoms with Crippen molar-refractivity contribution in [2.75, 3.05) is 13.2 Å². The highest BCUT2D eigenvalue weighted by molar-refractivity contribution is 6.50. The number of aromatic nitrogens is 2. The number of hydrogen-bond acceptors (Lipinski definition) is 5. The number of nitrogens with zero attached hydrogens (tertiary/aromatic N) is 2. The Balaban J connectivity index is 1.85. The second kappa shape index (κ2) is 9.12. The molecule has 3 aromatic rings. The van der Waals surface area contributed by atoms with Gasteiger partial charge >= 0.3 is 0 Å². The van der Waals surface area contributed by atoms with E-state index in [4.69, 9.17) is 31.9 Å². The van der Waals surface area contributed by atoms with Crippen molar-refractivity contribution in [3.8, 4) is 35.3 Å². The molecule has 2 aromatic carbocycles. The zero-order chi connectivity index (χ0) is 19.9. The van der Waals surface area contributed by atoms with Crippen molar-refractivity contribution >= 4 is 22.7 Å². The van der Waals surface area contributed by atoms with E-state index >= 15 is 0 Å². The van der Waals surface area contributed by atoms with E-state index in [1.165, 1.54) is 0 Å². The van der Waals surface area contributed by atoms with Crippen LogP contribution >= 0.6 is 11.6 Å². The molecule has 0 fully saturated rings. The standard InChI is InChI=1S/C22H19ClN2O3/c1-4-11-27-19-10-9-16(14-20(19)26-5-2)13-18(23)22-25-24-21(28-22)17-8-6-7-15(3)12-17/h1,6-10,12-14H,5,11H2,2-3H3/b18-13-. The van der Waals surface area contributed by atoms with Gasteiger partial charge in [-0.25, -0.2) is 0 Å².